The third kappa shape index (κ3) is 9.51. The smallest absolute Gasteiger partial charge is 0.315 e. The molecule has 13 heteroatoms. The van der Waals surface area contributed by atoms with Crippen LogP contribution < -0.4 is 46.5 Å². The van der Waals surface area contributed by atoms with E-state index in [4.69, 9.17) is 24.7 Å². The number of nitrogens with one attached hydrogen (secondary N) is 5. The molecular weight excluding hydrogens is 640 g/mol. The molecule has 1 saturated heterocycles. The minimum Gasteiger partial charge on any atom is -0.504 e. The molecule has 1 fully saturated rings. The lowest BCUT2D eigenvalue weighted by Gasteiger charge is -2.39. The summed E-state index contributed by atoms with van der Waals surface area (Å²) in [7, 11) is 1.50. The average Bonchev–Trinajstić information content (AvgIpc) is 3.74. The number of carbonyl (C=O) groups excluding carboxylic acids is 2. The van der Waals surface area contributed by atoms with Crippen LogP contribution in [-0.4, -0.2) is 90.0 Å². The number of nitrogens with two attached hydrogens (primary N) is 1. The van der Waals surface area contributed by atoms with Gasteiger partial charge in [-0.3, -0.25) is 4.79 Å². The summed E-state index contributed by atoms with van der Waals surface area (Å²) in [6.07, 6.45) is 7.42. The van der Waals surface area contributed by atoms with Crippen molar-refractivity contribution >= 4 is 12.0 Å². The molecule has 50 heavy (non-hydrogen) atoms. The van der Waals surface area contributed by atoms with Gasteiger partial charge in [-0.05, 0) is 132 Å². The number of aryl methyl sites for hydroxylation is 1. The van der Waals surface area contributed by atoms with E-state index in [9.17, 15) is 14.7 Å². The molecule has 0 radical (unpaired) electrons. The van der Waals surface area contributed by atoms with Crippen LogP contribution in [0.2, 0.25) is 0 Å². The van der Waals surface area contributed by atoms with Gasteiger partial charge < -0.3 is 56.4 Å². The fourth-order valence-corrected chi connectivity index (χ4v) is 7.24. The zero-order chi connectivity index (χ0) is 35.3. The first kappa shape index (κ1) is 37.5. The maximum atomic E-state index is 13.3. The van der Waals surface area contributed by atoms with E-state index in [0.29, 0.717) is 29.4 Å². The van der Waals surface area contributed by atoms with Crippen molar-refractivity contribution in [2.45, 2.75) is 63.8 Å². The summed E-state index contributed by atoms with van der Waals surface area (Å²) in [4.78, 5) is 26.6. The van der Waals surface area contributed by atoms with E-state index >= 15 is 0 Å². The standard InChI is InChI=1S/C37H56N6O7/c1-24-18-25(19-31(47-2)35(24)44)32-26-20-29-30(50-23-49-29)21-27(26)34(28-22-48-36(45)33(28)32)43-37(46)42-17-5-3-4-11-40-15-9-16-41-13-7-6-12-39-14-8-10-38/h18-21,28,32-34,39-41,44H,3-17,22-23,38H2,1-2H3,(H2,42,43,46). The number of cyclic esters (lactones) is 1. The Morgan fingerprint density at radius 2 is 1.46 bits per heavy atom. The third-order valence-corrected chi connectivity index (χ3v) is 9.88. The number of methoxy groups -OCH3 is 1. The maximum Gasteiger partial charge on any atom is 0.315 e. The Labute approximate surface area is 295 Å². The molecule has 2 heterocycles. The van der Waals surface area contributed by atoms with Crippen LogP contribution in [0.25, 0.3) is 0 Å². The molecule has 2 aromatic rings. The molecule has 13 nitrogen and oxygen atoms in total. The minimum atomic E-state index is -0.552. The number of rotatable bonds is 21. The second-order valence-electron chi connectivity index (χ2n) is 13.4. The van der Waals surface area contributed by atoms with Gasteiger partial charge in [0, 0.05) is 18.4 Å². The first-order valence-electron chi connectivity index (χ1n) is 18.3. The first-order chi connectivity index (χ1) is 24.4. The van der Waals surface area contributed by atoms with E-state index in [1.807, 2.05) is 18.2 Å². The number of phenolic OH excluding ortho intramolecular Hbond substituents is 1. The van der Waals surface area contributed by atoms with Crippen LogP contribution in [0.5, 0.6) is 23.0 Å². The molecule has 276 valence electrons. The summed E-state index contributed by atoms with van der Waals surface area (Å²) >= 11 is 0. The summed E-state index contributed by atoms with van der Waals surface area (Å²) in [6, 6.07) is 6.70. The Balaban J connectivity index is 1.07. The highest BCUT2D eigenvalue weighted by atomic mass is 16.7. The number of urea groups is 1. The number of aromatic hydroxyl groups is 1. The van der Waals surface area contributed by atoms with Gasteiger partial charge in [-0.15, -0.1) is 0 Å². The summed E-state index contributed by atoms with van der Waals surface area (Å²) in [5.74, 6) is 0.00379. The number of esters is 1. The molecule has 2 aromatic carbocycles. The summed E-state index contributed by atoms with van der Waals surface area (Å²) in [5, 5.41) is 27.1. The van der Waals surface area contributed by atoms with Gasteiger partial charge >= 0.3 is 12.0 Å². The topological polar surface area (TPSA) is 177 Å². The Kier molecular flexibility index (Phi) is 14.2. The summed E-state index contributed by atoms with van der Waals surface area (Å²) < 4.78 is 22.5. The predicted molar refractivity (Wildman–Crippen MR) is 191 cm³/mol. The van der Waals surface area contributed by atoms with Crippen LogP contribution in [-0.2, 0) is 9.53 Å². The van der Waals surface area contributed by atoms with Crippen LogP contribution in [0.4, 0.5) is 4.79 Å². The van der Waals surface area contributed by atoms with Crippen molar-refractivity contribution in [3.05, 3.63) is 46.5 Å². The maximum absolute atomic E-state index is 13.3. The van der Waals surface area contributed by atoms with Crippen molar-refractivity contribution in [2.75, 3.05) is 72.9 Å². The molecule has 0 bridgehead atoms. The SMILES string of the molecule is COc1cc(C2c3cc4c(cc3C(NC(=O)NCCCCCNCCCNCCCCNCCCN)C3COC(=O)C23)OCO4)cc(C)c1O. The Bertz CT molecular complexity index is 1430. The van der Waals surface area contributed by atoms with E-state index in [1.54, 1.807) is 13.0 Å². The largest absolute Gasteiger partial charge is 0.504 e. The van der Waals surface area contributed by atoms with Crippen LogP contribution in [0, 0.1) is 18.8 Å². The van der Waals surface area contributed by atoms with Gasteiger partial charge in [0.15, 0.2) is 23.0 Å². The average molecular weight is 697 g/mol. The highest BCUT2D eigenvalue weighted by molar-refractivity contribution is 5.80. The van der Waals surface area contributed by atoms with E-state index in [2.05, 4.69) is 26.6 Å². The van der Waals surface area contributed by atoms with Crippen molar-refractivity contribution < 1.29 is 33.6 Å². The van der Waals surface area contributed by atoms with Gasteiger partial charge in [0.1, 0.15) is 0 Å². The normalized spacial score (nSPS) is 20.3. The molecule has 0 saturated carbocycles. The van der Waals surface area contributed by atoms with Crippen molar-refractivity contribution in [1.29, 1.82) is 0 Å². The van der Waals surface area contributed by atoms with Gasteiger partial charge in [-0.1, -0.05) is 12.5 Å². The number of ether oxygens (including phenoxy) is 4. The fraction of sp³-hybridized carbons (Fsp3) is 0.622. The lowest BCUT2D eigenvalue weighted by atomic mass is 9.65. The fourth-order valence-electron chi connectivity index (χ4n) is 7.24. The highest BCUT2D eigenvalue weighted by Gasteiger charge is 2.53. The van der Waals surface area contributed by atoms with E-state index < -0.39 is 17.9 Å². The molecule has 8 N–H and O–H groups in total. The number of fused-ring (bicyclic) bond motifs is 3. The van der Waals surface area contributed by atoms with Crippen molar-refractivity contribution in [3.63, 3.8) is 0 Å². The van der Waals surface area contributed by atoms with E-state index in [-0.39, 0.29) is 37.1 Å². The Hall–Kier alpha value is -3.78. The van der Waals surface area contributed by atoms with Gasteiger partial charge in [0.25, 0.3) is 0 Å². The minimum absolute atomic E-state index is 0.0594. The quantitative estimate of drug-likeness (QED) is 0.0754. The first-order valence-corrected chi connectivity index (χ1v) is 18.3. The van der Waals surface area contributed by atoms with Gasteiger partial charge in [-0.25, -0.2) is 4.79 Å². The highest BCUT2D eigenvalue weighted by Crippen LogP contribution is 2.55. The Morgan fingerprint density at radius 1 is 0.840 bits per heavy atom. The van der Waals surface area contributed by atoms with Gasteiger partial charge in [0.05, 0.1) is 25.7 Å². The molecule has 5 rings (SSSR count). The molecule has 4 unspecified atom stereocenters. The number of unbranched alkanes of at least 4 members (excludes halogenated alkanes) is 3. The monoisotopic (exact) mass is 696 g/mol. The van der Waals surface area contributed by atoms with Crippen LogP contribution in [0.15, 0.2) is 24.3 Å². The lowest BCUT2D eigenvalue weighted by molar-refractivity contribution is -0.141. The van der Waals surface area contributed by atoms with Crippen LogP contribution in [0.1, 0.15) is 79.2 Å². The number of carbonyl (C=O) groups is 2. The van der Waals surface area contributed by atoms with Crippen molar-refractivity contribution in [3.8, 4) is 23.0 Å². The molecule has 3 aliphatic rings. The molecule has 1 aliphatic carbocycles. The number of benzene rings is 2. The van der Waals surface area contributed by atoms with Crippen molar-refractivity contribution in [1.82, 2.24) is 26.6 Å². The zero-order valence-corrected chi connectivity index (χ0v) is 29.6. The second-order valence-corrected chi connectivity index (χ2v) is 13.4. The van der Waals surface area contributed by atoms with Gasteiger partial charge in [0.2, 0.25) is 6.79 Å². The molecule has 4 atom stereocenters. The number of hydrogen-bond acceptors (Lipinski definition) is 11. The molecule has 2 aliphatic heterocycles. The summed E-state index contributed by atoms with van der Waals surface area (Å²) in [5.41, 5.74) is 8.65. The van der Waals surface area contributed by atoms with Crippen LogP contribution in [0.3, 0.4) is 0 Å². The summed E-state index contributed by atoms with van der Waals surface area (Å²) in [6.45, 7) is 9.48. The Morgan fingerprint density at radius 3 is 2.14 bits per heavy atom. The molecule has 0 aromatic heterocycles. The number of amides is 2. The molecule has 2 amide bonds. The van der Waals surface area contributed by atoms with Crippen LogP contribution >= 0.6 is 0 Å². The van der Waals surface area contributed by atoms with Crippen molar-refractivity contribution in [2.24, 2.45) is 17.6 Å². The molecule has 0 spiro atoms. The van der Waals surface area contributed by atoms with E-state index in [1.165, 1.54) is 20.0 Å². The molecular formula is C37H56N6O7. The van der Waals surface area contributed by atoms with Gasteiger partial charge in [-0.2, -0.15) is 0 Å². The second kappa shape index (κ2) is 19.0. The lowest BCUT2D eigenvalue weighted by Crippen LogP contribution is -2.46. The van der Waals surface area contributed by atoms with E-state index in [0.717, 1.165) is 94.6 Å². The third-order valence-electron chi connectivity index (χ3n) is 9.88. The predicted octanol–water partition coefficient (Wildman–Crippen LogP) is 3.17. The number of phenols is 1. The zero-order valence-electron chi connectivity index (χ0n) is 29.6. The number of hydrogen-bond donors (Lipinski definition) is 7.